The number of fused-ring (bicyclic) bond motifs is 1. The predicted molar refractivity (Wildman–Crippen MR) is 77.0 cm³/mol. The Morgan fingerprint density at radius 2 is 2.11 bits per heavy atom. The monoisotopic (exact) mass is 260 g/mol. The first kappa shape index (κ1) is 13.6. The van der Waals surface area contributed by atoms with E-state index in [-0.39, 0.29) is 5.78 Å². The minimum atomic E-state index is 0.174. The number of methoxy groups -OCH3 is 1. The van der Waals surface area contributed by atoms with E-state index in [1.807, 2.05) is 55.0 Å². The zero-order valence-corrected chi connectivity index (χ0v) is 11.9. The summed E-state index contributed by atoms with van der Waals surface area (Å²) >= 11 is 0. The number of hydrogen-bond acceptors (Lipinski definition) is 3. The van der Waals surface area contributed by atoms with Gasteiger partial charge in [-0.05, 0) is 32.3 Å². The second kappa shape index (κ2) is 5.45. The number of aromatic nitrogens is 1. The Balaban J connectivity index is 2.39. The fourth-order valence-corrected chi connectivity index (χ4v) is 2.18. The number of hydrogen-bond donors (Lipinski definition) is 0. The number of carbonyl (C=O) groups excluding carboxylic acids is 1. The van der Waals surface area contributed by atoms with E-state index in [2.05, 4.69) is 0 Å². The van der Waals surface area contributed by atoms with Crippen LogP contribution in [0.15, 0.2) is 24.4 Å². The van der Waals surface area contributed by atoms with E-state index in [1.165, 1.54) is 0 Å². The van der Waals surface area contributed by atoms with Gasteiger partial charge in [-0.15, -0.1) is 0 Å². The normalized spacial score (nSPS) is 11.2. The zero-order chi connectivity index (χ0) is 14.0. The quantitative estimate of drug-likeness (QED) is 0.774. The Hall–Kier alpha value is -1.81. The van der Waals surface area contributed by atoms with Gasteiger partial charge in [0.1, 0.15) is 5.75 Å². The van der Waals surface area contributed by atoms with E-state index >= 15 is 0 Å². The van der Waals surface area contributed by atoms with Gasteiger partial charge in [0.25, 0.3) is 0 Å². The Morgan fingerprint density at radius 1 is 1.37 bits per heavy atom. The van der Waals surface area contributed by atoms with Crippen LogP contribution in [0.25, 0.3) is 10.9 Å². The van der Waals surface area contributed by atoms with Crippen molar-refractivity contribution in [1.29, 1.82) is 0 Å². The van der Waals surface area contributed by atoms with Gasteiger partial charge in [0.05, 0.1) is 7.11 Å². The Bertz CT molecular complexity index is 599. The smallest absolute Gasteiger partial charge is 0.166 e. The fraction of sp³-hybridized carbons (Fsp3) is 0.400. The van der Waals surface area contributed by atoms with Crippen LogP contribution >= 0.6 is 0 Å². The first-order chi connectivity index (χ1) is 9.02. The van der Waals surface area contributed by atoms with Crippen LogP contribution in [0.4, 0.5) is 0 Å². The van der Waals surface area contributed by atoms with E-state index < -0.39 is 0 Å². The number of carbonyl (C=O) groups is 1. The average molecular weight is 260 g/mol. The molecule has 0 aliphatic carbocycles. The third-order valence-electron chi connectivity index (χ3n) is 3.28. The molecular weight excluding hydrogens is 240 g/mol. The third-order valence-corrected chi connectivity index (χ3v) is 3.28. The van der Waals surface area contributed by atoms with Crippen molar-refractivity contribution in [2.45, 2.75) is 6.42 Å². The highest BCUT2D eigenvalue weighted by Crippen LogP contribution is 2.26. The predicted octanol–water partition coefficient (Wildman–Crippen LogP) is 2.32. The fourth-order valence-electron chi connectivity index (χ4n) is 2.18. The maximum absolute atomic E-state index is 12.3. The van der Waals surface area contributed by atoms with Gasteiger partial charge in [0.15, 0.2) is 5.78 Å². The summed E-state index contributed by atoms with van der Waals surface area (Å²) in [6.07, 6.45) is 2.44. The van der Waals surface area contributed by atoms with Crippen molar-refractivity contribution in [3.05, 3.63) is 30.0 Å². The van der Waals surface area contributed by atoms with Gasteiger partial charge < -0.3 is 14.2 Å². The number of ether oxygens (including phenoxy) is 1. The summed E-state index contributed by atoms with van der Waals surface area (Å²) in [7, 11) is 7.54. The lowest BCUT2D eigenvalue weighted by atomic mass is 10.1. The summed E-state index contributed by atoms with van der Waals surface area (Å²) in [6.45, 7) is 0.763. The van der Waals surface area contributed by atoms with Crippen molar-refractivity contribution >= 4 is 16.7 Å². The lowest BCUT2D eigenvalue weighted by Gasteiger charge is -2.07. The van der Waals surface area contributed by atoms with Crippen molar-refractivity contribution in [3.63, 3.8) is 0 Å². The first-order valence-electron chi connectivity index (χ1n) is 6.34. The second-order valence-corrected chi connectivity index (χ2v) is 5.01. The molecule has 0 spiro atoms. The molecule has 2 rings (SSSR count). The molecule has 0 bridgehead atoms. The van der Waals surface area contributed by atoms with E-state index in [9.17, 15) is 4.79 Å². The topological polar surface area (TPSA) is 34.5 Å². The number of Topliss-reactive ketones (excluding diaryl/α,β-unsaturated/α-hetero) is 1. The minimum absolute atomic E-state index is 0.174. The van der Waals surface area contributed by atoms with Crippen LogP contribution in [0, 0.1) is 0 Å². The van der Waals surface area contributed by atoms with Gasteiger partial charge >= 0.3 is 0 Å². The van der Waals surface area contributed by atoms with Crippen molar-refractivity contribution < 1.29 is 9.53 Å². The van der Waals surface area contributed by atoms with Gasteiger partial charge in [-0.25, -0.2) is 0 Å². The highest BCUT2D eigenvalue weighted by molar-refractivity contribution is 6.08. The van der Waals surface area contributed by atoms with Crippen LogP contribution in [-0.4, -0.2) is 43.0 Å². The van der Waals surface area contributed by atoms with Crippen molar-refractivity contribution in [2.24, 2.45) is 7.05 Å². The van der Waals surface area contributed by atoms with Crippen LogP contribution in [0.5, 0.6) is 5.75 Å². The molecule has 0 radical (unpaired) electrons. The summed E-state index contributed by atoms with van der Waals surface area (Å²) in [4.78, 5) is 14.3. The third kappa shape index (κ3) is 2.79. The summed E-state index contributed by atoms with van der Waals surface area (Å²) in [5.41, 5.74) is 1.83. The molecule has 0 amide bonds. The maximum Gasteiger partial charge on any atom is 0.166 e. The van der Waals surface area contributed by atoms with E-state index in [1.54, 1.807) is 7.11 Å². The Morgan fingerprint density at radius 3 is 2.74 bits per heavy atom. The van der Waals surface area contributed by atoms with E-state index in [4.69, 9.17) is 4.74 Å². The molecule has 0 aliphatic rings. The van der Waals surface area contributed by atoms with Crippen LogP contribution in [-0.2, 0) is 7.05 Å². The van der Waals surface area contributed by atoms with Crippen LogP contribution in [0.2, 0.25) is 0 Å². The summed E-state index contributed by atoms with van der Waals surface area (Å²) in [6, 6.07) is 5.82. The summed E-state index contributed by atoms with van der Waals surface area (Å²) in [5.74, 6) is 0.952. The lowest BCUT2D eigenvalue weighted by Crippen LogP contribution is -2.16. The molecule has 102 valence electrons. The molecule has 1 aromatic carbocycles. The minimum Gasteiger partial charge on any atom is -0.497 e. The van der Waals surface area contributed by atoms with Gasteiger partial charge in [-0.3, -0.25) is 4.79 Å². The summed E-state index contributed by atoms with van der Waals surface area (Å²) < 4.78 is 7.22. The molecular formula is C15H20N2O2. The summed E-state index contributed by atoms with van der Waals surface area (Å²) in [5, 5.41) is 0.964. The molecule has 4 heteroatoms. The first-order valence-corrected chi connectivity index (χ1v) is 6.34. The molecule has 0 saturated heterocycles. The molecule has 0 N–H and O–H groups in total. The Kier molecular flexibility index (Phi) is 3.90. The number of benzene rings is 1. The molecule has 1 aromatic heterocycles. The number of ketones is 1. The molecule has 4 nitrogen and oxygen atoms in total. The molecule has 1 heterocycles. The largest absolute Gasteiger partial charge is 0.497 e. The van der Waals surface area contributed by atoms with E-state index in [0.29, 0.717) is 6.42 Å². The number of nitrogens with zero attached hydrogens (tertiary/aromatic N) is 2. The molecule has 0 atom stereocenters. The maximum atomic E-state index is 12.3. The molecule has 0 unspecified atom stereocenters. The SMILES string of the molecule is COc1ccc2c(c1)c(C(=O)CCN(C)C)cn2C. The van der Waals surface area contributed by atoms with Crippen LogP contribution in [0.1, 0.15) is 16.8 Å². The molecule has 0 saturated carbocycles. The van der Waals surface area contributed by atoms with Crippen LogP contribution < -0.4 is 4.74 Å². The molecule has 0 fully saturated rings. The van der Waals surface area contributed by atoms with Crippen molar-refractivity contribution in [1.82, 2.24) is 9.47 Å². The van der Waals surface area contributed by atoms with Gasteiger partial charge in [-0.2, -0.15) is 0 Å². The average Bonchev–Trinajstić information content (AvgIpc) is 2.73. The van der Waals surface area contributed by atoms with Gasteiger partial charge in [-0.1, -0.05) is 0 Å². The zero-order valence-electron chi connectivity index (χ0n) is 11.9. The molecule has 19 heavy (non-hydrogen) atoms. The van der Waals surface area contributed by atoms with Gasteiger partial charge in [0, 0.05) is 42.7 Å². The van der Waals surface area contributed by atoms with Crippen LogP contribution in [0.3, 0.4) is 0 Å². The molecule has 0 aliphatic heterocycles. The highest BCUT2D eigenvalue weighted by Gasteiger charge is 2.14. The second-order valence-electron chi connectivity index (χ2n) is 5.01. The Labute approximate surface area is 113 Å². The standard InChI is InChI=1S/C15H20N2O2/c1-16(2)8-7-15(18)13-10-17(3)14-6-5-11(19-4)9-12(13)14/h5-6,9-10H,7-8H2,1-4H3. The van der Waals surface area contributed by atoms with Crippen molar-refractivity contribution in [2.75, 3.05) is 27.7 Å². The number of rotatable bonds is 5. The highest BCUT2D eigenvalue weighted by atomic mass is 16.5. The van der Waals surface area contributed by atoms with Crippen molar-refractivity contribution in [3.8, 4) is 5.75 Å². The van der Waals surface area contributed by atoms with Gasteiger partial charge in [0.2, 0.25) is 0 Å². The van der Waals surface area contributed by atoms with E-state index in [0.717, 1.165) is 28.8 Å². The lowest BCUT2D eigenvalue weighted by molar-refractivity contribution is 0.0974. The number of aryl methyl sites for hydroxylation is 1. The molecule has 2 aromatic rings.